The van der Waals surface area contributed by atoms with Gasteiger partial charge in [-0.1, -0.05) is 13.3 Å². The highest BCUT2D eigenvalue weighted by molar-refractivity contribution is 7.84. The Morgan fingerprint density at radius 1 is 1.58 bits per heavy atom. The summed E-state index contributed by atoms with van der Waals surface area (Å²) in [7, 11) is 0.702. The second kappa shape index (κ2) is 6.65. The van der Waals surface area contributed by atoms with Crippen LogP contribution in [0.5, 0.6) is 0 Å². The summed E-state index contributed by atoms with van der Waals surface area (Å²) in [6, 6.07) is 0. The summed E-state index contributed by atoms with van der Waals surface area (Å²) in [5.41, 5.74) is 0.515. The van der Waals surface area contributed by atoms with Crippen molar-refractivity contribution in [2.45, 2.75) is 31.9 Å². The molecule has 0 aliphatic heterocycles. The van der Waals surface area contributed by atoms with E-state index in [2.05, 4.69) is 10.4 Å². The zero-order valence-corrected chi connectivity index (χ0v) is 12.5. The Morgan fingerprint density at radius 3 is 2.68 bits per heavy atom. The first kappa shape index (κ1) is 15.6. The van der Waals surface area contributed by atoms with Gasteiger partial charge in [-0.25, -0.2) is 4.68 Å². The lowest BCUT2D eigenvalue weighted by Gasteiger charge is -2.10. The number of aromatic nitrogens is 2. The van der Waals surface area contributed by atoms with E-state index < -0.39 is 15.7 Å². The predicted octanol–water partition coefficient (Wildman–Crippen LogP) is 1.46. The lowest BCUT2D eigenvalue weighted by Crippen LogP contribution is -2.22. The highest BCUT2D eigenvalue weighted by atomic mass is 32.2. The number of nitro groups is 1. The fourth-order valence-electron chi connectivity index (χ4n) is 1.72. The van der Waals surface area contributed by atoms with Crippen molar-refractivity contribution in [1.29, 1.82) is 0 Å². The Balaban J connectivity index is 2.99. The van der Waals surface area contributed by atoms with Crippen LogP contribution < -0.4 is 5.32 Å². The van der Waals surface area contributed by atoms with Crippen LogP contribution in [0.15, 0.2) is 0 Å². The smallest absolute Gasteiger partial charge is 0.333 e. The van der Waals surface area contributed by atoms with Gasteiger partial charge in [-0.15, -0.1) is 0 Å². The minimum atomic E-state index is -0.967. The molecule has 108 valence electrons. The molecule has 0 radical (unpaired) electrons. The number of hydrogen-bond donors (Lipinski definition) is 1. The summed E-state index contributed by atoms with van der Waals surface area (Å²) in [6.07, 6.45) is 2.99. The van der Waals surface area contributed by atoms with Gasteiger partial charge in [-0.3, -0.25) is 14.3 Å². The van der Waals surface area contributed by atoms with Crippen molar-refractivity contribution in [2.75, 3.05) is 18.1 Å². The molecule has 0 aliphatic carbocycles. The van der Waals surface area contributed by atoms with Gasteiger partial charge in [0.2, 0.25) is 5.82 Å². The molecule has 0 fully saturated rings. The normalized spacial score (nSPS) is 14.1. The fraction of sp³-hybridized carbons (Fsp3) is 0.727. The molecule has 8 heteroatoms. The molecule has 19 heavy (non-hydrogen) atoms. The van der Waals surface area contributed by atoms with E-state index in [9.17, 15) is 14.3 Å². The molecule has 2 unspecified atom stereocenters. The van der Waals surface area contributed by atoms with Crippen LogP contribution in [0.4, 0.5) is 11.5 Å². The molecule has 7 nitrogen and oxygen atoms in total. The fourth-order valence-corrected chi connectivity index (χ4v) is 2.04. The molecule has 0 amide bonds. The Morgan fingerprint density at radius 2 is 2.21 bits per heavy atom. The van der Waals surface area contributed by atoms with Crippen LogP contribution in [-0.4, -0.2) is 37.0 Å². The lowest BCUT2D eigenvalue weighted by atomic mass is 10.2. The standard InChI is InChI=1S/C11H20N4O3S/c1-5-6-9-10(15(16)17)11(14(3)13-9)12-7-8(2)19(4)18/h8,12H,5-7H2,1-4H3. The van der Waals surface area contributed by atoms with E-state index in [1.807, 2.05) is 13.8 Å². The predicted molar refractivity (Wildman–Crippen MR) is 75.9 cm³/mol. The van der Waals surface area contributed by atoms with Crippen molar-refractivity contribution in [3.63, 3.8) is 0 Å². The van der Waals surface area contributed by atoms with Crippen molar-refractivity contribution in [3.8, 4) is 0 Å². The summed E-state index contributed by atoms with van der Waals surface area (Å²) < 4.78 is 12.8. The van der Waals surface area contributed by atoms with Crippen molar-refractivity contribution in [1.82, 2.24) is 9.78 Å². The third kappa shape index (κ3) is 3.76. The van der Waals surface area contributed by atoms with Crippen LogP contribution in [0.1, 0.15) is 26.0 Å². The molecular formula is C11H20N4O3S. The zero-order valence-electron chi connectivity index (χ0n) is 11.7. The number of rotatable bonds is 7. The number of nitrogens with zero attached hydrogens (tertiary/aromatic N) is 3. The topological polar surface area (TPSA) is 90.1 Å². The summed E-state index contributed by atoms with van der Waals surface area (Å²) in [6.45, 7) is 4.20. The molecule has 2 atom stereocenters. The molecule has 0 aliphatic rings. The first-order valence-electron chi connectivity index (χ1n) is 6.14. The van der Waals surface area contributed by atoms with Crippen molar-refractivity contribution >= 4 is 22.3 Å². The second-order valence-electron chi connectivity index (χ2n) is 4.46. The Labute approximate surface area is 115 Å². The van der Waals surface area contributed by atoms with Gasteiger partial charge in [0.1, 0.15) is 5.69 Å². The first-order valence-corrected chi connectivity index (χ1v) is 7.76. The van der Waals surface area contributed by atoms with Crippen LogP contribution in [0.25, 0.3) is 0 Å². The van der Waals surface area contributed by atoms with E-state index >= 15 is 0 Å². The van der Waals surface area contributed by atoms with Gasteiger partial charge in [0.05, 0.1) is 4.92 Å². The summed E-state index contributed by atoms with van der Waals surface area (Å²) >= 11 is 0. The van der Waals surface area contributed by atoms with E-state index in [0.29, 0.717) is 24.5 Å². The second-order valence-corrected chi connectivity index (χ2v) is 6.27. The average molecular weight is 288 g/mol. The van der Waals surface area contributed by atoms with Gasteiger partial charge in [0.25, 0.3) is 0 Å². The molecule has 0 saturated carbocycles. The molecule has 0 saturated heterocycles. The van der Waals surface area contributed by atoms with Crippen molar-refractivity contribution < 1.29 is 9.13 Å². The average Bonchev–Trinajstić information content (AvgIpc) is 2.62. The highest BCUT2D eigenvalue weighted by Gasteiger charge is 2.26. The van der Waals surface area contributed by atoms with E-state index in [1.54, 1.807) is 13.3 Å². The molecule has 1 N–H and O–H groups in total. The third-order valence-electron chi connectivity index (χ3n) is 2.88. The Kier molecular flexibility index (Phi) is 5.46. The van der Waals surface area contributed by atoms with Crippen LogP contribution in [-0.2, 0) is 24.3 Å². The third-order valence-corrected chi connectivity index (χ3v) is 4.18. The largest absolute Gasteiger partial charge is 0.363 e. The zero-order chi connectivity index (χ0) is 14.6. The molecule has 1 aromatic rings. The van der Waals surface area contributed by atoms with Gasteiger partial charge in [0.15, 0.2) is 0 Å². The lowest BCUT2D eigenvalue weighted by molar-refractivity contribution is -0.384. The Bertz CT molecular complexity index is 487. The minimum Gasteiger partial charge on any atom is -0.363 e. The molecule has 0 aromatic carbocycles. The van der Waals surface area contributed by atoms with Gasteiger partial charge in [0, 0.05) is 35.9 Å². The minimum absolute atomic E-state index is 0.0263. The SMILES string of the molecule is CCCc1nn(C)c(NCC(C)S(C)=O)c1[N+](=O)[O-]. The number of anilines is 1. The molecule has 1 heterocycles. The maximum atomic E-state index is 11.3. The molecule has 0 bridgehead atoms. The highest BCUT2D eigenvalue weighted by Crippen LogP contribution is 2.28. The van der Waals surface area contributed by atoms with Crippen LogP contribution >= 0.6 is 0 Å². The maximum Gasteiger partial charge on any atom is 0.333 e. The molecular weight excluding hydrogens is 268 g/mol. The summed E-state index contributed by atoms with van der Waals surface area (Å²) in [5.74, 6) is 0.380. The van der Waals surface area contributed by atoms with Gasteiger partial charge >= 0.3 is 5.69 Å². The monoisotopic (exact) mass is 288 g/mol. The molecule has 1 aromatic heterocycles. The molecule has 1 rings (SSSR count). The van der Waals surface area contributed by atoms with Crippen molar-refractivity contribution in [3.05, 3.63) is 15.8 Å². The van der Waals surface area contributed by atoms with Crippen LogP contribution in [0, 0.1) is 10.1 Å². The summed E-state index contributed by atoms with van der Waals surface area (Å²) in [4.78, 5) is 10.8. The Hall–Kier alpha value is -1.44. The number of aryl methyl sites for hydroxylation is 2. The van der Waals surface area contributed by atoms with E-state index in [4.69, 9.17) is 0 Å². The van der Waals surface area contributed by atoms with Gasteiger partial charge in [-0.05, 0) is 13.3 Å². The maximum absolute atomic E-state index is 11.3. The number of nitrogens with one attached hydrogen (secondary N) is 1. The van der Waals surface area contributed by atoms with E-state index in [1.165, 1.54) is 4.68 Å². The van der Waals surface area contributed by atoms with Gasteiger partial charge in [-0.2, -0.15) is 5.10 Å². The quantitative estimate of drug-likeness (QED) is 0.606. The summed E-state index contributed by atoms with van der Waals surface area (Å²) in [5, 5.41) is 18.3. The van der Waals surface area contributed by atoms with E-state index in [0.717, 1.165) is 6.42 Å². The van der Waals surface area contributed by atoms with Gasteiger partial charge < -0.3 is 5.32 Å². The van der Waals surface area contributed by atoms with Crippen LogP contribution in [0.2, 0.25) is 0 Å². The van der Waals surface area contributed by atoms with Crippen molar-refractivity contribution in [2.24, 2.45) is 7.05 Å². The van der Waals surface area contributed by atoms with E-state index in [-0.39, 0.29) is 10.9 Å². The van der Waals surface area contributed by atoms with Crippen LogP contribution in [0.3, 0.4) is 0 Å². The number of hydrogen-bond acceptors (Lipinski definition) is 5. The molecule has 0 spiro atoms. The first-order chi connectivity index (χ1) is 8.88.